The van der Waals surface area contributed by atoms with E-state index in [0.29, 0.717) is 17.8 Å². The molecule has 35 heavy (non-hydrogen) atoms. The van der Waals surface area contributed by atoms with Gasteiger partial charge in [0.05, 0.1) is 7.11 Å². The van der Waals surface area contributed by atoms with E-state index in [9.17, 15) is 0 Å². The summed E-state index contributed by atoms with van der Waals surface area (Å²) >= 11 is 0. The summed E-state index contributed by atoms with van der Waals surface area (Å²) in [6.45, 7) is 2.07. The molecule has 1 fully saturated rings. The van der Waals surface area contributed by atoms with E-state index in [2.05, 4.69) is 77.7 Å². The highest BCUT2D eigenvalue weighted by atomic mass is 16.7. The van der Waals surface area contributed by atoms with Crippen molar-refractivity contribution in [1.82, 2.24) is 0 Å². The van der Waals surface area contributed by atoms with Crippen LogP contribution in [0.1, 0.15) is 53.4 Å². The van der Waals surface area contributed by atoms with Crippen molar-refractivity contribution in [2.75, 3.05) is 39.3 Å². The highest BCUT2D eigenvalue weighted by molar-refractivity contribution is 5.52. The first-order valence-corrected chi connectivity index (χ1v) is 12.8. The van der Waals surface area contributed by atoms with Crippen LogP contribution in [0, 0.1) is 5.92 Å². The monoisotopic (exact) mass is 471 g/mol. The highest BCUT2D eigenvalue weighted by Gasteiger charge is 2.32. The molecule has 4 heteroatoms. The molecule has 2 aliphatic rings. The molecule has 184 valence electrons. The molecule has 0 aromatic heterocycles. The summed E-state index contributed by atoms with van der Waals surface area (Å²) in [5, 5.41) is 0. The zero-order valence-electron chi connectivity index (χ0n) is 21.2. The molecule has 4 nitrogen and oxygen atoms in total. The van der Waals surface area contributed by atoms with E-state index in [4.69, 9.17) is 14.2 Å². The molecule has 3 aromatic rings. The smallest absolute Gasteiger partial charge is 0.159 e. The third-order valence-electron chi connectivity index (χ3n) is 8.05. The maximum absolute atomic E-state index is 5.53. The van der Waals surface area contributed by atoms with Gasteiger partial charge < -0.3 is 19.1 Å². The number of anilines is 1. The van der Waals surface area contributed by atoms with Crippen LogP contribution >= 0.6 is 0 Å². The average Bonchev–Trinajstić information content (AvgIpc) is 2.94. The molecule has 1 aliphatic carbocycles. The Balaban J connectivity index is 1.40. The van der Waals surface area contributed by atoms with Crippen LogP contribution in [0.2, 0.25) is 0 Å². The van der Waals surface area contributed by atoms with Crippen molar-refractivity contribution >= 4 is 5.69 Å². The van der Waals surface area contributed by atoms with E-state index >= 15 is 0 Å². The van der Waals surface area contributed by atoms with Gasteiger partial charge in [-0.05, 0) is 78.1 Å². The Morgan fingerprint density at radius 2 is 1.49 bits per heavy atom. The summed E-state index contributed by atoms with van der Waals surface area (Å²) in [4.78, 5) is 2.50. The Morgan fingerprint density at radius 3 is 2.14 bits per heavy atom. The van der Waals surface area contributed by atoms with Crippen LogP contribution in [-0.4, -0.2) is 40.7 Å². The minimum absolute atomic E-state index is 0.0977. The number of fused-ring (bicyclic) bond motifs is 1. The fourth-order valence-corrected chi connectivity index (χ4v) is 6.20. The second-order valence-corrected chi connectivity index (χ2v) is 9.85. The Bertz CT molecular complexity index is 1090. The molecule has 0 amide bonds. The molecular formula is C31H37NO3. The molecule has 0 N–H and O–H groups in total. The van der Waals surface area contributed by atoms with Gasteiger partial charge in [-0.25, -0.2) is 0 Å². The van der Waals surface area contributed by atoms with Gasteiger partial charge in [0.2, 0.25) is 0 Å². The summed E-state index contributed by atoms with van der Waals surface area (Å²) in [5.74, 6) is 2.22. The maximum Gasteiger partial charge on any atom is 0.159 e. The van der Waals surface area contributed by atoms with Crippen LogP contribution in [0.4, 0.5) is 5.69 Å². The van der Waals surface area contributed by atoms with E-state index in [0.717, 1.165) is 44.5 Å². The van der Waals surface area contributed by atoms with Gasteiger partial charge in [-0.2, -0.15) is 0 Å². The number of rotatable bonds is 7. The molecule has 1 aliphatic heterocycles. The minimum Gasteiger partial charge on any atom is -0.497 e. The summed E-state index contributed by atoms with van der Waals surface area (Å²) in [5.41, 5.74) is 6.97. The van der Waals surface area contributed by atoms with Gasteiger partial charge >= 0.3 is 0 Å². The lowest BCUT2D eigenvalue weighted by Gasteiger charge is -2.37. The predicted molar refractivity (Wildman–Crippen MR) is 142 cm³/mol. The van der Waals surface area contributed by atoms with Crippen LogP contribution in [0.3, 0.4) is 0 Å². The molecule has 1 saturated heterocycles. The largest absolute Gasteiger partial charge is 0.497 e. The lowest BCUT2D eigenvalue weighted by Crippen LogP contribution is -2.39. The molecule has 1 heterocycles. The normalized spacial score (nSPS) is 20.6. The average molecular weight is 472 g/mol. The number of piperidine rings is 1. The first kappa shape index (κ1) is 23.9. The van der Waals surface area contributed by atoms with Crippen LogP contribution in [0.15, 0.2) is 72.8 Å². The Labute approximate surface area is 209 Å². The fraction of sp³-hybridized carbons (Fsp3) is 0.419. The topological polar surface area (TPSA) is 30.9 Å². The van der Waals surface area contributed by atoms with Crippen molar-refractivity contribution in [3.05, 3.63) is 95.1 Å². The number of hydrogen-bond acceptors (Lipinski definition) is 4. The quantitative estimate of drug-likeness (QED) is 0.374. The second-order valence-electron chi connectivity index (χ2n) is 9.85. The SMILES string of the molecule is COc1ccc2c(c1)CCC(c1ccccc1)C2c1ccc(N2CCC(C(OC)OC)CC2)cc1. The third-order valence-corrected chi connectivity index (χ3v) is 8.05. The third kappa shape index (κ3) is 4.96. The maximum atomic E-state index is 5.53. The summed E-state index contributed by atoms with van der Waals surface area (Å²) < 4.78 is 16.5. The summed E-state index contributed by atoms with van der Waals surface area (Å²) in [7, 11) is 5.23. The van der Waals surface area contributed by atoms with Gasteiger partial charge in [-0.15, -0.1) is 0 Å². The Hall–Kier alpha value is -2.82. The van der Waals surface area contributed by atoms with Crippen LogP contribution in [0.25, 0.3) is 0 Å². The van der Waals surface area contributed by atoms with Crippen molar-refractivity contribution in [1.29, 1.82) is 0 Å². The number of aryl methyl sites for hydroxylation is 1. The lowest BCUT2D eigenvalue weighted by atomic mass is 9.69. The van der Waals surface area contributed by atoms with E-state index in [-0.39, 0.29) is 6.29 Å². The van der Waals surface area contributed by atoms with Gasteiger partial charge in [-0.3, -0.25) is 0 Å². The fourth-order valence-electron chi connectivity index (χ4n) is 6.20. The molecule has 0 saturated carbocycles. The van der Waals surface area contributed by atoms with Crippen molar-refractivity contribution in [2.45, 2.75) is 43.8 Å². The summed E-state index contributed by atoms with van der Waals surface area (Å²) in [6.07, 6.45) is 4.30. The number of hydrogen-bond donors (Lipinski definition) is 0. The van der Waals surface area contributed by atoms with Gasteiger partial charge in [0.15, 0.2) is 6.29 Å². The molecule has 0 radical (unpaired) electrons. The molecule has 0 bridgehead atoms. The van der Waals surface area contributed by atoms with Crippen LogP contribution in [-0.2, 0) is 15.9 Å². The standard InChI is InChI=1S/C31H37NO3/c1-33-27-14-16-29-25(21-27)11-15-28(22-7-5-4-6-8-22)30(29)23-9-12-26(13-10-23)32-19-17-24(18-20-32)31(34-2)35-3/h4-10,12-14,16,21,24,28,30-31H,11,15,17-20H2,1-3H3. The zero-order chi connectivity index (χ0) is 24.2. The van der Waals surface area contributed by atoms with Gasteiger partial charge in [0, 0.05) is 44.8 Å². The minimum atomic E-state index is -0.0977. The van der Waals surface area contributed by atoms with Crippen molar-refractivity contribution in [3.8, 4) is 5.75 Å². The van der Waals surface area contributed by atoms with Crippen LogP contribution in [0.5, 0.6) is 5.75 Å². The summed E-state index contributed by atoms with van der Waals surface area (Å²) in [6, 6.07) is 27.0. The van der Waals surface area contributed by atoms with E-state index < -0.39 is 0 Å². The highest BCUT2D eigenvalue weighted by Crippen LogP contribution is 2.47. The number of nitrogens with zero attached hydrogens (tertiary/aromatic N) is 1. The molecule has 2 unspecified atom stereocenters. The van der Waals surface area contributed by atoms with Gasteiger partial charge in [0.1, 0.15) is 5.75 Å². The second kappa shape index (κ2) is 10.8. The van der Waals surface area contributed by atoms with E-state index in [1.807, 2.05) is 0 Å². The van der Waals surface area contributed by atoms with E-state index in [1.54, 1.807) is 21.3 Å². The predicted octanol–water partition coefficient (Wildman–Crippen LogP) is 6.39. The molecule has 5 rings (SSSR count). The van der Waals surface area contributed by atoms with Crippen LogP contribution < -0.4 is 9.64 Å². The van der Waals surface area contributed by atoms with Gasteiger partial charge in [-0.1, -0.05) is 48.5 Å². The van der Waals surface area contributed by atoms with Crippen molar-refractivity contribution in [3.63, 3.8) is 0 Å². The molecule has 3 aromatic carbocycles. The number of benzene rings is 3. The first-order valence-electron chi connectivity index (χ1n) is 12.8. The molecule has 2 atom stereocenters. The number of methoxy groups -OCH3 is 3. The van der Waals surface area contributed by atoms with Gasteiger partial charge in [0.25, 0.3) is 0 Å². The van der Waals surface area contributed by atoms with Crippen molar-refractivity contribution < 1.29 is 14.2 Å². The Kier molecular flexibility index (Phi) is 7.40. The van der Waals surface area contributed by atoms with E-state index in [1.165, 1.54) is 27.9 Å². The molecule has 0 spiro atoms. The van der Waals surface area contributed by atoms with Crippen molar-refractivity contribution in [2.24, 2.45) is 5.92 Å². The molecular weight excluding hydrogens is 434 g/mol. The number of ether oxygens (including phenoxy) is 3. The first-order chi connectivity index (χ1) is 17.2. The zero-order valence-corrected chi connectivity index (χ0v) is 21.2. The Morgan fingerprint density at radius 1 is 0.771 bits per heavy atom. The lowest BCUT2D eigenvalue weighted by molar-refractivity contribution is -0.141.